The van der Waals surface area contributed by atoms with Gasteiger partial charge in [-0.15, -0.1) is 0 Å². The summed E-state index contributed by atoms with van der Waals surface area (Å²) in [6, 6.07) is 12.0. The molecule has 0 radical (unpaired) electrons. The van der Waals surface area contributed by atoms with E-state index in [1.54, 1.807) is 18.2 Å². The van der Waals surface area contributed by atoms with Gasteiger partial charge in [0.1, 0.15) is 0 Å². The Kier molecular flexibility index (Phi) is 5.45. The zero-order valence-electron chi connectivity index (χ0n) is 15.5. The van der Waals surface area contributed by atoms with Crippen LogP contribution >= 0.6 is 11.6 Å². The van der Waals surface area contributed by atoms with Crippen LogP contribution in [0.15, 0.2) is 47.4 Å². The van der Waals surface area contributed by atoms with Crippen LogP contribution in [0.1, 0.15) is 53.2 Å². The zero-order valence-corrected chi connectivity index (χ0v) is 17.1. The van der Waals surface area contributed by atoms with Gasteiger partial charge < -0.3 is 5.32 Å². The van der Waals surface area contributed by atoms with Crippen molar-refractivity contribution in [3.05, 3.63) is 64.2 Å². The molecule has 1 saturated heterocycles. The number of carbonyl (C=O) groups excluding carboxylic acids is 1. The van der Waals surface area contributed by atoms with Crippen LogP contribution in [0.25, 0.3) is 0 Å². The number of rotatable bonds is 4. The number of fused-ring (bicyclic) bond motifs is 1. The van der Waals surface area contributed by atoms with Crippen molar-refractivity contribution in [3.8, 4) is 0 Å². The van der Waals surface area contributed by atoms with E-state index in [1.165, 1.54) is 10.4 Å². The smallest absolute Gasteiger partial charge is 0.253 e. The van der Waals surface area contributed by atoms with Crippen molar-refractivity contribution in [2.45, 2.75) is 43.0 Å². The average molecular weight is 419 g/mol. The van der Waals surface area contributed by atoms with Gasteiger partial charge in [0, 0.05) is 18.1 Å². The molecule has 1 heterocycles. The summed E-state index contributed by atoms with van der Waals surface area (Å²) < 4.78 is 27.7. The lowest BCUT2D eigenvalue weighted by Gasteiger charge is -2.26. The second-order valence-corrected chi connectivity index (χ2v) is 9.71. The van der Waals surface area contributed by atoms with Crippen LogP contribution in [0.3, 0.4) is 0 Å². The predicted molar refractivity (Wildman–Crippen MR) is 109 cm³/mol. The maximum atomic E-state index is 13.1. The maximum absolute atomic E-state index is 13.1. The van der Waals surface area contributed by atoms with Crippen molar-refractivity contribution in [1.82, 2.24) is 9.62 Å². The van der Waals surface area contributed by atoms with Gasteiger partial charge in [-0.05, 0) is 61.1 Å². The molecule has 1 amide bonds. The molecule has 1 fully saturated rings. The summed E-state index contributed by atoms with van der Waals surface area (Å²) in [5.74, 6) is -0.357. The minimum absolute atomic E-state index is 0.0868. The van der Waals surface area contributed by atoms with Gasteiger partial charge in [0.15, 0.2) is 0 Å². The summed E-state index contributed by atoms with van der Waals surface area (Å²) in [6.45, 7) is 1.02. The summed E-state index contributed by atoms with van der Waals surface area (Å²) in [4.78, 5) is 13.1. The highest BCUT2D eigenvalue weighted by Gasteiger charge is 2.31. The molecule has 5 nitrogen and oxygen atoms in total. The van der Waals surface area contributed by atoms with E-state index in [9.17, 15) is 13.2 Å². The third-order valence-electron chi connectivity index (χ3n) is 5.55. The van der Waals surface area contributed by atoms with Crippen LogP contribution in [0, 0.1) is 0 Å². The molecular weight excluding hydrogens is 396 g/mol. The van der Waals surface area contributed by atoms with Gasteiger partial charge in [0.2, 0.25) is 10.0 Å². The first-order valence-electron chi connectivity index (χ1n) is 9.65. The van der Waals surface area contributed by atoms with E-state index in [4.69, 9.17) is 11.6 Å². The van der Waals surface area contributed by atoms with Crippen molar-refractivity contribution in [1.29, 1.82) is 0 Å². The molecule has 7 heteroatoms. The molecule has 0 aromatic heterocycles. The Morgan fingerprint density at radius 3 is 2.61 bits per heavy atom. The number of halogens is 1. The highest BCUT2D eigenvalue weighted by molar-refractivity contribution is 7.89. The van der Waals surface area contributed by atoms with Gasteiger partial charge in [-0.1, -0.05) is 36.2 Å². The Morgan fingerprint density at radius 2 is 1.82 bits per heavy atom. The molecule has 148 valence electrons. The minimum Gasteiger partial charge on any atom is -0.345 e. The van der Waals surface area contributed by atoms with Gasteiger partial charge in [0.05, 0.1) is 16.5 Å². The van der Waals surface area contributed by atoms with Gasteiger partial charge >= 0.3 is 0 Å². The Hall–Kier alpha value is -1.89. The fourth-order valence-electron chi connectivity index (χ4n) is 4.10. The fourth-order valence-corrected chi connectivity index (χ4v) is 6.00. The summed E-state index contributed by atoms with van der Waals surface area (Å²) in [6.07, 6.45) is 4.38. The summed E-state index contributed by atoms with van der Waals surface area (Å²) in [7, 11) is -3.68. The maximum Gasteiger partial charge on any atom is 0.253 e. The van der Waals surface area contributed by atoms with E-state index < -0.39 is 10.0 Å². The number of amides is 1. The molecule has 1 aliphatic carbocycles. The number of sulfonamides is 1. The average Bonchev–Trinajstić information content (AvgIpc) is 3.10. The summed E-state index contributed by atoms with van der Waals surface area (Å²) in [5.41, 5.74) is 2.39. The lowest BCUT2D eigenvalue weighted by atomic mass is 10.1. The fraction of sp³-hybridized carbons (Fsp3) is 0.381. The van der Waals surface area contributed by atoms with Crippen molar-refractivity contribution < 1.29 is 13.2 Å². The SMILES string of the molecule is O=C(NC1CCc2cc(Cl)ccc21)c1ccccc1S(=O)(=O)N1CCCCC1. The van der Waals surface area contributed by atoms with Crippen LogP contribution in [0.4, 0.5) is 0 Å². The van der Waals surface area contributed by atoms with Crippen molar-refractivity contribution in [3.63, 3.8) is 0 Å². The lowest BCUT2D eigenvalue weighted by molar-refractivity contribution is 0.0933. The van der Waals surface area contributed by atoms with Crippen LogP contribution in [-0.2, 0) is 16.4 Å². The number of hydrogen-bond donors (Lipinski definition) is 1. The number of nitrogens with one attached hydrogen (secondary N) is 1. The van der Waals surface area contributed by atoms with Crippen LogP contribution in [0.2, 0.25) is 5.02 Å². The molecule has 0 saturated carbocycles. The third kappa shape index (κ3) is 3.69. The monoisotopic (exact) mass is 418 g/mol. The number of nitrogens with zero attached hydrogens (tertiary/aromatic N) is 1. The van der Waals surface area contributed by atoms with E-state index >= 15 is 0 Å². The lowest BCUT2D eigenvalue weighted by Crippen LogP contribution is -2.37. The summed E-state index contributed by atoms with van der Waals surface area (Å²) >= 11 is 6.06. The molecular formula is C21H23ClN2O3S. The standard InChI is InChI=1S/C21H23ClN2O3S/c22-16-9-10-17-15(14-16)8-11-19(17)23-21(25)18-6-2-3-7-20(18)28(26,27)24-12-4-1-5-13-24/h2-3,6-7,9-10,14,19H,1,4-5,8,11-13H2,(H,23,25). The third-order valence-corrected chi connectivity index (χ3v) is 7.74. The summed E-state index contributed by atoms with van der Waals surface area (Å²) in [5, 5.41) is 3.71. The van der Waals surface area contributed by atoms with Crippen molar-refractivity contribution in [2.75, 3.05) is 13.1 Å². The number of piperidine rings is 1. The number of hydrogen-bond acceptors (Lipinski definition) is 3. The van der Waals surface area contributed by atoms with Gasteiger partial charge in [-0.3, -0.25) is 4.79 Å². The van der Waals surface area contributed by atoms with Crippen LogP contribution in [0.5, 0.6) is 0 Å². The number of benzene rings is 2. The Bertz CT molecular complexity index is 1000. The molecule has 2 aliphatic rings. The van der Waals surface area contributed by atoms with Gasteiger partial charge in [0.25, 0.3) is 5.91 Å². The second-order valence-electron chi connectivity index (χ2n) is 7.37. The van der Waals surface area contributed by atoms with Crippen LogP contribution in [-0.4, -0.2) is 31.7 Å². The van der Waals surface area contributed by atoms with E-state index in [1.807, 2.05) is 18.2 Å². The van der Waals surface area contributed by atoms with Crippen LogP contribution < -0.4 is 5.32 Å². The zero-order chi connectivity index (χ0) is 19.7. The van der Waals surface area contributed by atoms with E-state index in [-0.39, 0.29) is 22.4 Å². The minimum atomic E-state index is -3.68. The molecule has 1 N–H and O–H groups in total. The Balaban J connectivity index is 1.60. The molecule has 28 heavy (non-hydrogen) atoms. The first kappa shape index (κ1) is 19.4. The Morgan fingerprint density at radius 1 is 1.07 bits per heavy atom. The van der Waals surface area contributed by atoms with E-state index in [0.717, 1.165) is 43.2 Å². The quantitative estimate of drug-likeness (QED) is 0.817. The predicted octanol–water partition coefficient (Wildman–Crippen LogP) is 3.93. The normalized spacial score (nSPS) is 20.0. The van der Waals surface area contributed by atoms with E-state index in [0.29, 0.717) is 18.1 Å². The molecule has 1 unspecified atom stereocenters. The molecule has 2 aromatic carbocycles. The second kappa shape index (κ2) is 7.85. The molecule has 4 rings (SSSR count). The van der Waals surface area contributed by atoms with Gasteiger partial charge in [-0.2, -0.15) is 4.31 Å². The first-order chi connectivity index (χ1) is 13.5. The highest BCUT2D eigenvalue weighted by Crippen LogP contribution is 2.33. The van der Waals surface area contributed by atoms with Crippen molar-refractivity contribution in [2.24, 2.45) is 0 Å². The van der Waals surface area contributed by atoms with E-state index in [2.05, 4.69) is 5.32 Å². The molecule has 0 spiro atoms. The largest absolute Gasteiger partial charge is 0.345 e. The number of aryl methyl sites for hydroxylation is 1. The first-order valence-corrected chi connectivity index (χ1v) is 11.5. The topological polar surface area (TPSA) is 66.5 Å². The Labute approximate surface area is 170 Å². The highest BCUT2D eigenvalue weighted by atomic mass is 35.5. The molecule has 2 aromatic rings. The molecule has 1 aliphatic heterocycles. The molecule has 0 bridgehead atoms. The van der Waals surface area contributed by atoms with Gasteiger partial charge in [-0.25, -0.2) is 8.42 Å². The number of carbonyl (C=O) groups is 1. The van der Waals surface area contributed by atoms with Crippen molar-refractivity contribution >= 4 is 27.5 Å². The molecule has 1 atom stereocenters.